The first-order chi connectivity index (χ1) is 8.99. The molecule has 1 aromatic heterocycles. The van der Waals surface area contributed by atoms with Gasteiger partial charge in [-0.3, -0.25) is 4.79 Å². The molecule has 102 valence electrons. The van der Waals surface area contributed by atoms with Gasteiger partial charge in [-0.1, -0.05) is 0 Å². The van der Waals surface area contributed by atoms with Gasteiger partial charge in [0.05, 0.1) is 11.9 Å². The number of hydrogen-bond donors (Lipinski definition) is 4. The van der Waals surface area contributed by atoms with E-state index in [9.17, 15) is 14.4 Å². The van der Waals surface area contributed by atoms with E-state index in [0.717, 1.165) is 0 Å². The van der Waals surface area contributed by atoms with Crippen LogP contribution in [0.15, 0.2) is 18.3 Å². The number of carbonyl (C=O) groups excluding carboxylic acids is 2. The molecule has 0 aromatic carbocycles. The van der Waals surface area contributed by atoms with Crippen LogP contribution in [-0.4, -0.2) is 41.1 Å². The van der Waals surface area contributed by atoms with Gasteiger partial charge >= 0.3 is 12.0 Å². The summed E-state index contributed by atoms with van der Waals surface area (Å²) in [6.45, 7) is 2.00. The third kappa shape index (κ3) is 5.48. The molecule has 0 radical (unpaired) electrons. The fourth-order valence-corrected chi connectivity index (χ4v) is 1.18. The molecule has 8 nitrogen and oxygen atoms in total. The van der Waals surface area contributed by atoms with Crippen LogP contribution in [0, 0.1) is 0 Å². The van der Waals surface area contributed by atoms with Gasteiger partial charge in [0.1, 0.15) is 5.69 Å². The second-order valence-corrected chi connectivity index (χ2v) is 3.60. The fourth-order valence-electron chi connectivity index (χ4n) is 1.18. The van der Waals surface area contributed by atoms with Crippen LogP contribution < -0.4 is 16.0 Å². The van der Waals surface area contributed by atoms with Gasteiger partial charge in [0.25, 0.3) is 0 Å². The summed E-state index contributed by atoms with van der Waals surface area (Å²) in [7, 11) is 0. The Hall–Kier alpha value is -2.64. The number of rotatable bonds is 5. The number of aromatic nitrogens is 1. The SMILES string of the molecule is CC(=O)NCCNC(=O)Nc1ccc(C(=O)O)nc1. The number of aromatic carboxylic acids is 1. The molecule has 8 heteroatoms. The first-order valence-corrected chi connectivity index (χ1v) is 5.47. The zero-order valence-corrected chi connectivity index (χ0v) is 10.3. The van der Waals surface area contributed by atoms with E-state index in [1.165, 1.54) is 25.3 Å². The highest BCUT2D eigenvalue weighted by Crippen LogP contribution is 2.05. The Morgan fingerprint density at radius 1 is 1.21 bits per heavy atom. The standard InChI is InChI=1S/C11H14N4O4/c1-7(16)12-4-5-13-11(19)15-8-2-3-9(10(17)18)14-6-8/h2-3,6H,4-5H2,1H3,(H,12,16)(H,17,18)(H2,13,15,19). The molecule has 0 spiro atoms. The number of carboxylic acid groups (broad SMARTS) is 1. The zero-order valence-electron chi connectivity index (χ0n) is 10.3. The van der Waals surface area contributed by atoms with Gasteiger partial charge in [0.2, 0.25) is 5.91 Å². The normalized spacial score (nSPS) is 9.53. The topological polar surface area (TPSA) is 120 Å². The zero-order chi connectivity index (χ0) is 14.3. The van der Waals surface area contributed by atoms with Crippen molar-refractivity contribution in [3.05, 3.63) is 24.0 Å². The summed E-state index contributed by atoms with van der Waals surface area (Å²) < 4.78 is 0. The van der Waals surface area contributed by atoms with Crippen LogP contribution >= 0.6 is 0 Å². The maximum absolute atomic E-state index is 11.4. The van der Waals surface area contributed by atoms with E-state index in [-0.39, 0.29) is 18.1 Å². The number of nitrogens with one attached hydrogen (secondary N) is 3. The number of pyridine rings is 1. The summed E-state index contributed by atoms with van der Waals surface area (Å²) in [6, 6.07) is 2.26. The molecule has 0 bridgehead atoms. The molecule has 1 aromatic rings. The Morgan fingerprint density at radius 3 is 2.42 bits per heavy atom. The maximum atomic E-state index is 11.4. The van der Waals surface area contributed by atoms with E-state index in [0.29, 0.717) is 12.2 Å². The van der Waals surface area contributed by atoms with Crippen molar-refractivity contribution in [3.63, 3.8) is 0 Å². The van der Waals surface area contributed by atoms with Gasteiger partial charge in [-0.25, -0.2) is 14.6 Å². The van der Waals surface area contributed by atoms with E-state index in [2.05, 4.69) is 20.9 Å². The van der Waals surface area contributed by atoms with Gasteiger partial charge in [-0.2, -0.15) is 0 Å². The summed E-state index contributed by atoms with van der Waals surface area (Å²) in [5, 5.41) is 16.2. The summed E-state index contributed by atoms with van der Waals surface area (Å²) >= 11 is 0. The Labute approximate surface area is 109 Å². The second kappa shape index (κ2) is 6.94. The minimum absolute atomic E-state index is 0.100. The Balaban J connectivity index is 2.35. The number of hydrogen-bond acceptors (Lipinski definition) is 4. The number of carboxylic acids is 1. The van der Waals surface area contributed by atoms with Crippen LogP contribution in [0.1, 0.15) is 17.4 Å². The van der Waals surface area contributed by atoms with Gasteiger partial charge in [0.15, 0.2) is 0 Å². The highest BCUT2D eigenvalue weighted by molar-refractivity contribution is 5.90. The van der Waals surface area contributed by atoms with Crippen LogP contribution in [0.5, 0.6) is 0 Å². The summed E-state index contributed by atoms with van der Waals surface area (Å²) in [5.74, 6) is -1.30. The van der Waals surface area contributed by atoms with Gasteiger partial charge in [-0.15, -0.1) is 0 Å². The Morgan fingerprint density at radius 2 is 1.89 bits per heavy atom. The van der Waals surface area contributed by atoms with E-state index in [4.69, 9.17) is 5.11 Å². The monoisotopic (exact) mass is 266 g/mol. The lowest BCUT2D eigenvalue weighted by atomic mass is 10.3. The van der Waals surface area contributed by atoms with Crippen molar-refractivity contribution in [2.75, 3.05) is 18.4 Å². The van der Waals surface area contributed by atoms with Crippen LogP contribution in [0.25, 0.3) is 0 Å². The van der Waals surface area contributed by atoms with Crippen molar-refractivity contribution in [1.82, 2.24) is 15.6 Å². The average molecular weight is 266 g/mol. The summed E-state index contributed by atoms with van der Waals surface area (Å²) in [6.07, 6.45) is 1.25. The lowest BCUT2D eigenvalue weighted by molar-refractivity contribution is -0.118. The maximum Gasteiger partial charge on any atom is 0.354 e. The van der Waals surface area contributed by atoms with Crippen LogP contribution in [-0.2, 0) is 4.79 Å². The van der Waals surface area contributed by atoms with Crippen molar-refractivity contribution >= 4 is 23.6 Å². The summed E-state index contributed by atoms with van der Waals surface area (Å²) in [4.78, 5) is 36.2. The predicted octanol–water partition coefficient (Wildman–Crippen LogP) is 0.0374. The third-order valence-corrected chi connectivity index (χ3v) is 2.02. The van der Waals surface area contributed by atoms with Crippen molar-refractivity contribution < 1.29 is 19.5 Å². The highest BCUT2D eigenvalue weighted by Gasteiger charge is 2.05. The fraction of sp³-hybridized carbons (Fsp3) is 0.273. The molecule has 0 aliphatic heterocycles. The molecule has 19 heavy (non-hydrogen) atoms. The highest BCUT2D eigenvalue weighted by atomic mass is 16.4. The predicted molar refractivity (Wildman–Crippen MR) is 66.9 cm³/mol. The van der Waals surface area contributed by atoms with Gasteiger partial charge in [0, 0.05) is 20.0 Å². The van der Waals surface area contributed by atoms with E-state index in [1.807, 2.05) is 0 Å². The minimum atomic E-state index is -1.13. The van der Waals surface area contributed by atoms with E-state index >= 15 is 0 Å². The minimum Gasteiger partial charge on any atom is -0.477 e. The summed E-state index contributed by atoms with van der Waals surface area (Å²) in [5.41, 5.74) is 0.277. The number of amides is 3. The lowest BCUT2D eigenvalue weighted by Gasteiger charge is -2.07. The lowest BCUT2D eigenvalue weighted by Crippen LogP contribution is -2.36. The molecule has 0 unspecified atom stereocenters. The van der Waals surface area contributed by atoms with Crippen molar-refractivity contribution in [3.8, 4) is 0 Å². The first kappa shape index (κ1) is 14.4. The number of carbonyl (C=O) groups is 3. The third-order valence-electron chi connectivity index (χ3n) is 2.02. The molecule has 4 N–H and O–H groups in total. The molecule has 1 rings (SSSR count). The van der Waals surface area contributed by atoms with E-state index in [1.54, 1.807) is 0 Å². The average Bonchev–Trinajstić information content (AvgIpc) is 2.35. The second-order valence-electron chi connectivity index (χ2n) is 3.60. The molecule has 0 aliphatic carbocycles. The molecule has 0 fully saturated rings. The Kier molecular flexibility index (Phi) is 5.27. The van der Waals surface area contributed by atoms with Gasteiger partial charge in [-0.05, 0) is 12.1 Å². The molecule has 0 atom stereocenters. The van der Waals surface area contributed by atoms with Crippen LogP contribution in [0.4, 0.5) is 10.5 Å². The van der Waals surface area contributed by atoms with Crippen LogP contribution in [0.3, 0.4) is 0 Å². The Bertz CT molecular complexity index is 472. The van der Waals surface area contributed by atoms with Crippen LogP contribution in [0.2, 0.25) is 0 Å². The largest absolute Gasteiger partial charge is 0.477 e. The first-order valence-electron chi connectivity index (χ1n) is 5.47. The molecule has 1 heterocycles. The quantitative estimate of drug-likeness (QED) is 0.561. The van der Waals surface area contributed by atoms with Gasteiger partial charge < -0.3 is 21.1 Å². The van der Waals surface area contributed by atoms with Crippen molar-refractivity contribution in [2.24, 2.45) is 0 Å². The van der Waals surface area contributed by atoms with Crippen molar-refractivity contribution in [1.29, 1.82) is 0 Å². The van der Waals surface area contributed by atoms with Crippen molar-refractivity contribution in [2.45, 2.75) is 6.92 Å². The number of nitrogens with zero attached hydrogens (tertiary/aromatic N) is 1. The smallest absolute Gasteiger partial charge is 0.354 e. The number of anilines is 1. The molecule has 0 aliphatic rings. The number of urea groups is 1. The molecule has 0 saturated carbocycles. The van der Waals surface area contributed by atoms with E-state index < -0.39 is 12.0 Å². The molecule has 0 saturated heterocycles. The molecular formula is C11H14N4O4. The molecule has 3 amide bonds. The molecular weight excluding hydrogens is 252 g/mol.